The molecule has 1 aliphatic rings. The van der Waals surface area contributed by atoms with Crippen molar-refractivity contribution in [1.29, 1.82) is 0 Å². The van der Waals surface area contributed by atoms with Crippen LogP contribution in [0.15, 0.2) is 0 Å². The van der Waals surface area contributed by atoms with E-state index in [2.05, 4.69) is 17.1 Å². The van der Waals surface area contributed by atoms with Gasteiger partial charge >= 0.3 is 0 Å². The Hall–Kier alpha value is -0.680. The third-order valence-electron chi connectivity index (χ3n) is 4.44. The first-order valence-corrected chi connectivity index (χ1v) is 7.71. The molecule has 1 unspecified atom stereocenters. The number of thiocarbonyl (C=S) groups is 1. The lowest BCUT2D eigenvalue weighted by atomic mass is 9.81. The summed E-state index contributed by atoms with van der Waals surface area (Å²) in [5, 5.41) is 3.04. The number of hydrogen-bond donors (Lipinski definition) is 2. The summed E-state index contributed by atoms with van der Waals surface area (Å²) in [6.45, 7) is 9.03. The van der Waals surface area contributed by atoms with Gasteiger partial charge in [-0.05, 0) is 45.7 Å². The number of carbonyl (C=O) groups is 1. The zero-order valence-electron chi connectivity index (χ0n) is 12.4. The van der Waals surface area contributed by atoms with Gasteiger partial charge in [-0.1, -0.05) is 26.1 Å². The molecule has 1 atom stereocenters. The number of hydrogen-bond acceptors (Lipinski definition) is 3. The van der Waals surface area contributed by atoms with Gasteiger partial charge in [0, 0.05) is 12.6 Å². The minimum atomic E-state index is -0.680. The minimum Gasteiger partial charge on any atom is -0.392 e. The normalized spacial score (nSPS) is 18.3. The molecule has 0 aromatic carbocycles. The highest BCUT2D eigenvalue weighted by molar-refractivity contribution is 7.80. The Labute approximate surface area is 122 Å². The third-order valence-corrected chi connectivity index (χ3v) is 4.83. The number of carbonyl (C=O) groups excluding carboxylic acids is 1. The van der Waals surface area contributed by atoms with Crippen molar-refractivity contribution in [2.45, 2.75) is 52.5 Å². The summed E-state index contributed by atoms with van der Waals surface area (Å²) < 4.78 is 0. The molecule has 0 radical (unpaired) electrons. The van der Waals surface area contributed by atoms with Crippen LogP contribution in [0.3, 0.4) is 0 Å². The molecule has 1 amide bonds. The van der Waals surface area contributed by atoms with Gasteiger partial charge in [0.05, 0.1) is 10.4 Å². The number of amides is 1. The molecule has 0 aromatic heterocycles. The molecule has 0 aromatic rings. The molecule has 5 heteroatoms. The Morgan fingerprint density at radius 1 is 1.37 bits per heavy atom. The van der Waals surface area contributed by atoms with Crippen molar-refractivity contribution in [3.8, 4) is 0 Å². The van der Waals surface area contributed by atoms with E-state index in [0.29, 0.717) is 30.4 Å². The van der Waals surface area contributed by atoms with Crippen LogP contribution in [0, 0.1) is 5.41 Å². The molecule has 0 bridgehead atoms. The van der Waals surface area contributed by atoms with Gasteiger partial charge in [-0.3, -0.25) is 9.69 Å². The smallest absolute Gasteiger partial charge is 0.233 e. The number of nitrogens with two attached hydrogens (primary N) is 1. The molecule has 1 fully saturated rings. The fourth-order valence-corrected chi connectivity index (χ4v) is 3.13. The maximum atomic E-state index is 12.4. The highest BCUT2D eigenvalue weighted by Crippen LogP contribution is 2.27. The Kier molecular flexibility index (Phi) is 6.20. The van der Waals surface area contributed by atoms with Crippen molar-refractivity contribution < 1.29 is 4.79 Å². The maximum Gasteiger partial charge on any atom is 0.233 e. The van der Waals surface area contributed by atoms with E-state index in [1.54, 1.807) is 0 Å². The van der Waals surface area contributed by atoms with Crippen molar-refractivity contribution in [1.82, 2.24) is 10.2 Å². The predicted molar refractivity (Wildman–Crippen MR) is 83.1 cm³/mol. The molecular weight excluding hydrogens is 258 g/mol. The van der Waals surface area contributed by atoms with Crippen LogP contribution in [0.25, 0.3) is 0 Å². The second-order valence-corrected chi connectivity index (χ2v) is 5.90. The molecule has 0 saturated carbocycles. The maximum absolute atomic E-state index is 12.4. The lowest BCUT2D eigenvalue weighted by Gasteiger charge is -2.31. The number of nitrogens with one attached hydrogen (secondary N) is 1. The molecule has 1 saturated heterocycles. The molecule has 1 rings (SSSR count). The molecule has 0 spiro atoms. The molecular formula is C14H27N3OS. The molecule has 4 nitrogen and oxygen atoms in total. The van der Waals surface area contributed by atoms with Crippen LogP contribution in [0.4, 0.5) is 0 Å². The van der Waals surface area contributed by atoms with Gasteiger partial charge in [0.25, 0.3) is 0 Å². The van der Waals surface area contributed by atoms with Crippen molar-refractivity contribution in [3.63, 3.8) is 0 Å². The largest absolute Gasteiger partial charge is 0.392 e. The highest BCUT2D eigenvalue weighted by Gasteiger charge is 2.38. The lowest BCUT2D eigenvalue weighted by Crippen LogP contribution is -2.51. The average molecular weight is 285 g/mol. The molecule has 1 heterocycles. The van der Waals surface area contributed by atoms with E-state index < -0.39 is 5.41 Å². The standard InChI is InChI=1S/C14H27N3OS/c1-4-14(5-2,12(15)19)13(18)16-10-11(3)17-8-6-7-9-17/h11H,4-10H2,1-3H3,(H2,15,19)(H,16,18). The Balaban J connectivity index is 2.55. The molecule has 0 aliphatic carbocycles. The van der Waals surface area contributed by atoms with Crippen LogP contribution in [-0.2, 0) is 4.79 Å². The van der Waals surface area contributed by atoms with E-state index in [1.165, 1.54) is 12.8 Å². The second kappa shape index (κ2) is 7.20. The average Bonchev–Trinajstić information content (AvgIpc) is 2.91. The predicted octanol–water partition coefficient (Wildman–Crippen LogP) is 1.68. The van der Waals surface area contributed by atoms with E-state index >= 15 is 0 Å². The molecule has 19 heavy (non-hydrogen) atoms. The third kappa shape index (κ3) is 3.66. The van der Waals surface area contributed by atoms with Crippen LogP contribution in [0.1, 0.15) is 46.5 Å². The minimum absolute atomic E-state index is 0.0175. The highest BCUT2D eigenvalue weighted by atomic mass is 32.1. The number of nitrogens with zero attached hydrogens (tertiary/aromatic N) is 1. The van der Waals surface area contributed by atoms with E-state index in [0.717, 1.165) is 13.1 Å². The van der Waals surface area contributed by atoms with E-state index in [-0.39, 0.29) is 5.91 Å². The van der Waals surface area contributed by atoms with Crippen LogP contribution in [0.2, 0.25) is 0 Å². The van der Waals surface area contributed by atoms with Gasteiger partial charge < -0.3 is 11.1 Å². The summed E-state index contributed by atoms with van der Waals surface area (Å²) in [5.41, 5.74) is 5.10. The van der Waals surface area contributed by atoms with Gasteiger partial charge in [-0.25, -0.2) is 0 Å². The van der Waals surface area contributed by atoms with Crippen molar-refractivity contribution in [2.75, 3.05) is 19.6 Å². The first kappa shape index (κ1) is 16.4. The molecule has 3 N–H and O–H groups in total. The van der Waals surface area contributed by atoms with Gasteiger partial charge in [0.15, 0.2) is 0 Å². The SMILES string of the molecule is CCC(CC)(C(=O)NCC(C)N1CCCC1)C(N)=S. The Morgan fingerprint density at radius 2 is 1.89 bits per heavy atom. The van der Waals surface area contributed by atoms with Crippen molar-refractivity contribution >= 4 is 23.1 Å². The van der Waals surface area contributed by atoms with E-state index in [1.807, 2.05) is 13.8 Å². The Morgan fingerprint density at radius 3 is 2.32 bits per heavy atom. The summed E-state index contributed by atoms with van der Waals surface area (Å²) >= 11 is 5.10. The zero-order chi connectivity index (χ0) is 14.5. The van der Waals surface area contributed by atoms with Crippen LogP contribution < -0.4 is 11.1 Å². The Bertz CT molecular complexity index is 323. The quantitative estimate of drug-likeness (QED) is 0.699. The topological polar surface area (TPSA) is 58.4 Å². The van der Waals surface area contributed by atoms with Gasteiger partial charge in [0.1, 0.15) is 0 Å². The van der Waals surface area contributed by atoms with Crippen molar-refractivity contribution in [2.24, 2.45) is 11.1 Å². The first-order valence-electron chi connectivity index (χ1n) is 7.30. The van der Waals surface area contributed by atoms with Crippen molar-refractivity contribution in [3.05, 3.63) is 0 Å². The second-order valence-electron chi connectivity index (χ2n) is 5.46. The van der Waals surface area contributed by atoms with Gasteiger partial charge in [0.2, 0.25) is 5.91 Å². The fraction of sp³-hybridized carbons (Fsp3) is 0.857. The van der Waals surface area contributed by atoms with Crippen LogP contribution in [0.5, 0.6) is 0 Å². The summed E-state index contributed by atoms with van der Waals surface area (Å²) in [4.78, 5) is 15.1. The summed E-state index contributed by atoms with van der Waals surface area (Å²) in [7, 11) is 0. The number of rotatable bonds is 7. The zero-order valence-corrected chi connectivity index (χ0v) is 13.2. The number of likely N-dealkylation sites (tertiary alicyclic amines) is 1. The lowest BCUT2D eigenvalue weighted by molar-refractivity contribution is -0.128. The van der Waals surface area contributed by atoms with Gasteiger partial charge in [-0.15, -0.1) is 0 Å². The molecule has 1 aliphatic heterocycles. The van der Waals surface area contributed by atoms with Crippen LogP contribution >= 0.6 is 12.2 Å². The van der Waals surface area contributed by atoms with Gasteiger partial charge in [-0.2, -0.15) is 0 Å². The van der Waals surface area contributed by atoms with E-state index in [9.17, 15) is 4.79 Å². The monoisotopic (exact) mass is 285 g/mol. The first-order chi connectivity index (χ1) is 8.97. The van der Waals surface area contributed by atoms with E-state index in [4.69, 9.17) is 18.0 Å². The summed E-state index contributed by atoms with van der Waals surface area (Å²) in [6, 6.07) is 0.379. The summed E-state index contributed by atoms with van der Waals surface area (Å²) in [5.74, 6) is -0.0175. The summed E-state index contributed by atoms with van der Waals surface area (Å²) in [6.07, 6.45) is 3.84. The molecule has 110 valence electrons. The van der Waals surface area contributed by atoms with Crippen LogP contribution in [-0.4, -0.2) is 41.5 Å². The fourth-order valence-electron chi connectivity index (χ4n) is 2.75.